The minimum Gasteiger partial charge on any atom is -0.295 e. The summed E-state index contributed by atoms with van der Waals surface area (Å²) in [4.78, 5) is 2.67. The molecule has 1 aromatic rings. The molecule has 20 heavy (non-hydrogen) atoms. The van der Waals surface area contributed by atoms with Gasteiger partial charge in [0.25, 0.3) is 0 Å². The van der Waals surface area contributed by atoms with Crippen molar-refractivity contribution < 1.29 is 0 Å². The number of nitrogens with zero attached hydrogens (tertiary/aromatic N) is 1. The standard InChI is InChI=1S/C17H21Br2N/c1-17(2)11-20(14-6-7-14)10-13-5-3-12(9-15(13)17)4-8-16(18)19/h3-5,8-9,14,16H,6-7,10-11H2,1-2H3/b8-4-. The zero-order valence-corrected chi connectivity index (χ0v) is 15.2. The van der Waals surface area contributed by atoms with Crippen molar-refractivity contribution in [2.24, 2.45) is 0 Å². The molecule has 1 aromatic carbocycles. The number of halogens is 2. The predicted molar refractivity (Wildman–Crippen MR) is 93.6 cm³/mol. The number of benzene rings is 1. The van der Waals surface area contributed by atoms with E-state index in [0.717, 1.165) is 12.6 Å². The Morgan fingerprint density at radius 3 is 2.70 bits per heavy atom. The fourth-order valence-electron chi connectivity index (χ4n) is 3.21. The summed E-state index contributed by atoms with van der Waals surface area (Å²) in [7, 11) is 0. The van der Waals surface area contributed by atoms with Crippen LogP contribution in [0.15, 0.2) is 24.3 Å². The number of fused-ring (bicyclic) bond motifs is 1. The average Bonchev–Trinajstić information content (AvgIpc) is 3.20. The van der Waals surface area contributed by atoms with Crippen molar-refractivity contribution in [3.63, 3.8) is 0 Å². The summed E-state index contributed by atoms with van der Waals surface area (Å²) in [5.41, 5.74) is 4.58. The first-order valence-electron chi connectivity index (χ1n) is 7.29. The van der Waals surface area contributed by atoms with E-state index in [-0.39, 0.29) is 9.15 Å². The van der Waals surface area contributed by atoms with E-state index in [1.54, 1.807) is 0 Å². The quantitative estimate of drug-likeness (QED) is 0.642. The smallest absolute Gasteiger partial charge is 0.0880 e. The van der Waals surface area contributed by atoms with Crippen LogP contribution < -0.4 is 0 Å². The van der Waals surface area contributed by atoms with Crippen molar-refractivity contribution in [2.45, 2.75) is 48.4 Å². The minimum atomic E-state index is 0.240. The van der Waals surface area contributed by atoms with E-state index >= 15 is 0 Å². The molecule has 0 amide bonds. The zero-order chi connectivity index (χ0) is 14.3. The second kappa shape index (κ2) is 5.58. The Labute approximate surface area is 138 Å². The maximum absolute atomic E-state index is 3.48. The summed E-state index contributed by atoms with van der Waals surface area (Å²) in [5, 5.41) is 0. The number of alkyl halides is 2. The molecule has 108 valence electrons. The van der Waals surface area contributed by atoms with Gasteiger partial charge in [-0.2, -0.15) is 0 Å². The maximum atomic E-state index is 3.48. The Kier molecular flexibility index (Phi) is 4.13. The SMILES string of the molecule is CC1(C)CN(C2CC2)Cc2ccc(/C=C\C(Br)Br)cc21. The Bertz CT molecular complexity index is 530. The van der Waals surface area contributed by atoms with Crippen molar-refractivity contribution in [1.82, 2.24) is 4.90 Å². The van der Waals surface area contributed by atoms with Crippen LogP contribution in [0, 0.1) is 0 Å². The highest BCUT2D eigenvalue weighted by atomic mass is 79.9. The lowest BCUT2D eigenvalue weighted by atomic mass is 9.77. The first-order valence-corrected chi connectivity index (χ1v) is 9.13. The fraction of sp³-hybridized carbons (Fsp3) is 0.529. The normalized spacial score (nSPS) is 22.4. The first kappa shape index (κ1) is 14.8. The van der Waals surface area contributed by atoms with E-state index < -0.39 is 0 Å². The average molecular weight is 399 g/mol. The molecule has 1 aliphatic carbocycles. The zero-order valence-electron chi connectivity index (χ0n) is 12.1. The Morgan fingerprint density at radius 2 is 2.05 bits per heavy atom. The van der Waals surface area contributed by atoms with Crippen LogP contribution in [-0.2, 0) is 12.0 Å². The van der Waals surface area contributed by atoms with E-state index in [2.05, 4.69) is 81.0 Å². The topological polar surface area (TPSA) is 3.24 Å². The van der Waals surface area contributed by atoms with Crippen LogP contribution in [-0.4, -0.2) is 21.2 Å². The molecule has 3 rings (SSSR count). The van der Waals surface area contributed by atoms with E-state index in [1.165, 1.54) is 36.1 Å². The third-order valence-corrected chi connectivity index (χ3v) is 4.94. The van der Waals surface area contributed by atoms with Crippen molar-refractivity contribution in [3.05, 3.63) is 41.0 Å². The molecular weight excluding hydrogens is 378 g/mol. The van der Waals surface area contributed by atoms with Crippen molar-refractivity contribution >= 4 is 37.9 Å². The molecule has 1 saturated carbocycles. The third kappa shape index (κ3) is 3.20. The largest absolute Gasteiger partial charge is 0.295 e. The van der Waals surface area contributed by atoms with Gasteiger partial charge in [-0.15, -0.1) is 0 Å². The molecular formula is C17H21Br2N. The van der Waals surface area contributed by atoms with Gasteiger partial charge in [-0.1, -0.05) is 76.1 Å². The van der Waals surface area contributed by atoms with Gasteiger partial charge in [0.1, 0.15) is 0 Å². The second-order valence-electron chi connectivity index (χ2n) is 6.63. The number of hydrogen-bond donors (Lipinski definition) is 0. The summed E-state index contributed by atoms with van der Waals surface area (Å²) in [6.07, 6.45) is 7.08. The molecule has 0 atom stereocenters. The van der Waals surface area contributed by atoms with Crippen molar-refractivity contribution in [1.29, 1.82) is 0 Å². The molecule has 0 spiro atoms. The van der Waals surface area contributed by atoms with Gasteiger partial charge in [0.15, 0.2) is 0 Å². The lowest BCUT2D eigenvalue weighted by Crippen LogP contribution is -2.43. The van der Waals surface area contributed by atoms with Crippen LogP contribution >= 0.6 is 31.9 Å². The van der Waals surface area contributed by atoms with Crippen LogP contribution in [0.1, 0.15) is 43.4 Å². The molecule has 0 aromatic heterocycles. The van der Waals surface area contributed by atoms with Crippen LogP contribution in [0.25, 0.3) is 6.08 Å². The van der Waals surface area contributed by atoms with Gasteiger partial charge in [0.05, 0.1) is 3.74 Å². The molecule has 1 aliphatic heterocycles. The van der Waals surface area contributed by atoms with Gasteiger partial charge in [0, 0.05) is 24.5 Å². The van der Waals surface area contributed by atoms with E-state index in [0.29, 0.717) is 0 Å². The van der Waals surface area contributed by atoms with Gasteiger partial charge in [0.2, 0.25) is 0 Å². The van der Waals surface area contributed by atoms with Gasteiger partial charge >= 0.3 is 0 Å². The molecule has 2 aliphatic rings. The molecule has 0 unspecified atom stereocenters. The molecule has 0 bridgehead atoms. The van der Waals surface area contributed by atoms with E-state index in [9.17, 15) is 0 Å². The second-order valence-corrected chi connectivity index (χ2v) is 9.83. The summed E-state index contributed by atoms with van der Waals surface area (Å²) >= 11 is 6.97. The lowest BCUT2D eigenvalue weighted by molar-refractivity contribution is 0.185. The first-order chi connectivity index (χ1) is 9.45. The Balaban J connectivity index is 1.90. The van der Waals surface area contributed by atoms with Gasteiger partial charge in [-0.25, -0.2) is 0 Å². The maximum Gasteiger partial charge on any atom is 0.0880 e. The molecule has 1 nitrogen and oxygen atoms in total. The summed E-state index contributed by atoms with van der Waals surface area (Å²) in [5.74, 6) is 0. The van der Waals surface area contributed by atoms with Gasteiger partial charge < -0.3 is 0 Å². The van der Waals surface area contributed by atoms with Gasteiger partial charge in [-0.05, 0) is 29.5 Å². The summed E-state index contributed by atoms with van der Waals surface area (Å²) in [6, 6.07) is 7.79. The molecule has 1 fully saturated rings. The molecule has 0 saturated heterocycles. The summed E-state index contributed by atoms with van der Waals surface area (Å²) < 4.78 is 0.240. The monoisotopic (exact) mass is 397 g/mol. The number of hydrogen-bond acceptors (Lipinski definition) is 1. The van der Waals surface area contributed by atoms with Crippen LogP contribution in [0.5, 0.6) is 0 Å². The highest BCUT2D eigenvalue weighted by molar-refractivity contribution is 9.24. The third-order valence-electron chi connectivity index (χ3n) is 4.33. The Hall–Kier alpha value is -0.120. The number of allylic oxidation sites excluding steroid dienone is 1. The molecule has 0 radical (unpaired) electrons. The lowest BCUT2D eigenvalue weighted by Gasteiger charge is -2.40. The predicted octanol–water partition coefficient (Wildman–Crippen LogP) is 5.07. The summed E-state index contributed by atoms with van der Waals surface area (Å²) in [6.45, 7) is 7.08. The highest BCUT2D eigenvalue weighted by Crippen LogP contribution is 2.39. The van der Waals surface area contributed by atoms with Crippen LogP contribution in [0.3, 0.4) is 0 Å². The molecule has 0 N–H and O–H groups in total. The van der Waals surface area contributed by atoms with Crippen LogP contribution in [0.4, 0.5) is 0 Å². The molecule has 3 heteroatoms. The number of rotatable bonds is 3. The highest BCUT2D eigenvalue weighted by Gasteiger charge is 2.38. The van der Waals surface area contributed by atoms with Gasteiger partial charge in [-0.3, -0.25) is 4.90 Å². The van der Waals surface area contributed by atoms with Crippen LogP contribution in [0.2, 0.25) is 0 Å². The molecule has 1 heterocycles. The van der Waals surface area contributed by atoms with E-state index in [4.69, 9.17) is 0 Å². The van der Waals surface area contributed by atoms with Crippen molar-refractivity contribution in [3.8, 4) is 0 Å². The minimum absolute atomic E-state index is 0.240. The fourth-order valence-corrected chi connectivity index (χ4v) is 3.52. The Morgan fingerprint density at radius 1 is 1.30 bits per heavy atom. The van der Waals surface area contributed by atoms with E-state index in [1.807, 2.05) is 0 Å². The van der Waals surface area contributed by atoms with Crippen molar-refractivity contribution in [2.75, 3.05) is 6.54 Å².